The molecule has 0 saturated carbocycles. The van der Waals surface area contributed by atoms with Gasteiger partial charge in [-0.3, -0.25) is 4.79 Å². The number of aryl methyl sites for hydroxylation is 1. The minimum atomic E-state index is -1.09. The topological polar surface area (TPSA) is 125 Å². The maximum atomic E-state index is 13.4. The van der Waals surface area contributed by atoms with E-state index in [0.717, 1.165) is 22.1 Å². The summed E-state index contributed by atoms with van der Waals surface area (Å²) in [6.45, 7) is 1.04. The van der Waals surface area contributed by atoms with E-state index < -0.39 is 6.09 Å². The number of rotatable bonds is 5. The zero-order chi connectivity index (χ0) is 25.4. The molecule has 2 amide bonds. The molecular weight excluding hydrogens is 460 g/mol. The average molecular weight is 487 g/mol. The van der Waals surface area contributed by atoms with Crippen molar-refractivity contribution in [2.45, 2.75) is 25.4 Å². The SMILES string of the molecule is COc1cc(C(=O)N2CCCC(NC(=O)O)C2)cc2nc(-c3cc4ccccc4n3CC#N)n(C)c12. The van der Waals surface area contributed by atoms with Crippen LogP contribution >= 0.6 is 0 Å². The lowest BCUT2D eigenvalue weighted by Crippen LogP contribution is -2.49. The van der Waals surface area contributed by atoms with Gasteiger partial charge in [-0.25, -0.2) is 9.78 Å². The lowest BCUT2D eigenvalue weighted by atomic mass is 10.0. The predicted octanol–water partition coefficient (Wildman–Crippen LogP) is 3.60. The Labute approximate surface area is 207 Å². The van der Waals surface area contributed by atoms with E-state index in [0.29, 0.717) is 48.6 Å². The van der Waals surface area contributed by atoms with Crippen LogP contribution in [0.3, 0.4) is 0 Å². The molecule has 1 atom stereocenters. The summed E-state index contributed by atoms with van der Waals surface area (Å²) in [6.07, 6.45) is 0.318. The number of methoxy groups -OCH3 is 1. The van der Waals surface area contributed by atoms with Gasteiger partial charge in [0, 0.05) is 42.6 Å². The summed E-state index contributed by atoms with van der Waals surface area (Å²) in [7, 11) is 3.44. The van der Waals surface area contributed by atoms with Crippen molar-refractivity contribution in [3.63, 3.8) is 0 Å². The van der Waals surface area contributed by atoms with Gasteiger partial charge >= 0.3 is 6.09 Å². The number of nitrogens with one attached hydrogen (secondary N) is 1. The number of carbonyl (C=O) groups excluding carboxylic acids is 1. The van der Waals surface area contributed by atoms with Gasteiger partial charge in [0.1, 0.15) is 17.8 Å². The number of nitriles is 1. The van der Waals surface area contributed by atoms with Crippen molar-refractivity contribution < 1.29 is 19.4 Å². The summed E-state index contributed by atoms with van der Waals surface area (Å²) in [6, 6.07) is 15.3. The van der Waals surface area contributed by atoms with E-state index in [1.54, 1.807) is 24.1 Å². The molecule has 36 heavy (non-hydrogen) atoms. The number of likely N-dealkylation sites (tertiary alicyclic amines) is 1. The normalized spacial score (nSPS) is 15.7. The highest BCUT2D eigenvalue weighted by molar-refractivity contribution is 6.00. The highest BCUT2D eigenvalue weighted by atomic mass is 16.5. The molecule has 0 radical (unpaired) electrons. The Bertz CT molecular complexity index is 1530. The van der Waals surface area contributed by atoms with E-state index in [9.17, 15) is 14.9 Å². The highest BCUT2D eigenvalue weighted by Crippen LogP contribution is 2.34. The molecule has 2 N–H and O–H groups in total. The van der Waals surface area contributed by atoms with Gasteiger partial charge < -0.3 is 29.2 Å². The fourth-order valence-corrected chi connectivity index (χ4v) is 5.09. The number of piperidine rings is 1. The van der Waals surface area contributed by atoms with Gasteiger partial charge in [-0.1, -0.05) is 18.2 Å². The molecule has 3 heterocycles. The number of para-hydroxylation sites is 1. The zero-order valence-corrected chi connectivity index (χ0v) is 20.1. The zero-order valence-electron chi connectivity index (χ0n) is 20.1. The molecule has 5 rings (SSSR count). The van der Waals surface area contributed by atoms with Gasteiger partial charge in [0.2, 0.25) is 0 Å². The summed E-state index contributed by atoms with van der Waals surface area (Å²) in [4.78, 5) is 31.0. The number of hydrogen-bond acceptors (Lipinski definition) is 5. The van der Waals surface area contributed by atoms with Crippen LogP contribution in [0.5, 0.6) is 5.75 Å². The van der Waals surface area contributed by atoms with Crippen molar-refractivity contribution in [3.05, 3.63) is 48.0 Å². The molecule has 184 valence electrons. The van der Waals surface area contributed by atoms with Crippen LogP contribution in [0.4, 0.5) is 4.79 Å². The standard InChI is InChI=1S/C26H26N6O4/c1-30-23-19(29-24(30)21-13-16-6-3-4-8-20(16)32(21)11-9-27)12-17(14-22(23)36-2)25(33)31-10-5-7-18(15-31)28-26(34)35/h3-4,6,8,12-14,18,28H,5,7,10-11,15H2,1-2H3,(H,34,35). The first-order valence-corrected chi connectivity index (χ1v) is 11.7. The van der Waals surface area contributed by atoms with Crippen molar-refractivity contribution in [3.8, 4) is 23.3 Å². The third kappa shape index (κ3) is 3.98. The smallest absolute Gasteiger partial charge is 0.404 e. The number of hydrogen-bond donors (Lipinski definition) is 2. The molecule has 1 saturated heterocycles. The fourth-order valence-electron chi connectivity index (χ4n) is 5.09. The second-order valence-electron chi connectivity index (χ2n) is 8.91. The van der Waals surface area contributed by atoms with E-state index in [2.05, 4.69) is 11.4 Å². The van der Waals surface area contributed by atoms with Gasteiger partial charge in [-0.05, 0) is 37.1 Å². The number of carbonyl (C=O) groups is 2. The highest BCUT2D eigenvalue weighted by Gasteiger charge is 2.27. The van der Waals surface area contributed by atoms with Crippen LogP contribution in [0, 0.1) is 11.3 Å². The molecular formula is C26H26N6O4. The lowest BCUT2D eigenvalue weighted by Gasteiger charge is -2.32. The maximum Gasteiger partial charge on any atom is 0.404 e. The van der Waals surface area contributed by atoms with Crippen LogP contribution in [-0.4, -0.2) is 62.4 Å². The molecule has 0 bridgehead atoms. The average Bonchev–Trinajstić information content (AvgIpc) is 3.40. The third-order valence-corrected chi connectivity index (χ3v) is 6.71. The van der Waals surface area contributed by atoms with Gasteiger partial charge in [-0.15, -0.1) is 0 Å². The second-order valence-corrected chi connectivity index (χ2v) is 8.91. The molecule has 1 fully saturated rings. The molecule has 0 aliphatic carbocycles. The van der Waals surface area contributed by atoms with Gasteiger partial charge in [0.15, 0.2) is 5.82 Å². The van der Waals surface area contributed by atoms with Crippen LogP contribution in [0.25, 0.3) is 33.5 Å². The summed E-state index contributed by atoms with van der Waals surface area (Å²) in [5.41, 5.74) is 3.50. The number of ether oxygens (including phenoxy) is 1. The largest absolute Gasteiger partial charge is 0.494 e. The van der Waals surface area contributed by atoms with Crippen LogP contribution in [0.15, 0.2) is 42.5 Å². The van der Waals surface area contributed by atoms with Crippen molar-refractivity contribution >= 4 is 33.9 Å². The predicted molar refractivity (Wildman–Crippen MR) is 134 cm³/mol. The van der Waals surface area contributed by atoms with E-state index in [-0.39, 0.29) is 18.5 Å². The van der Waals surface area contributed by atoms with Crippen LogP contribution in [0.1, 0.15) is 23.2 Å². The van der Waals surface area contributed by atoms with E-state index in [4.69, 9.17) is 14.8 Å². The van der Waals surface area contributed by atoms with Gasteiger partial charge in [0.25, 0.3) is 5.91 Å². The summed E-state index contributed by atoms with van der Waals surface area (Å²) < 4.78 is 9.51. The van der Waals surface area contributed by atoms with Crippen molar-refractivity contribution in [1.29, 1.82) is 5.26 Å². The molecule has 1 aliphatic rings. The lowest BCUT2D eigenvalue weighted by molar-refractivity contribution is 0.0692. The van der Waals surface area contributed by atoms with E-state index >= 15 is 0 Å². The minimum Gasteiger partial charge on any atom is -0.494 e. The Kier molecular flexibility index (Phi) is 5.98. The first kappa shape index (κ1) is 23.2. The molecule has 2 aromatic carbocycles. The molecule has 4 aromatic rings. The Morgan fingerprint density at radius 1 is 1.28 bits per heavy atom. The Morgan fingerprint density at radius 2 is 2.08 bits per heavy atom. The van der Waals surface area contributed by atoms with E-state index in [1.807, 2.05) is 46.5 Å². The monoisotopic (exact) mass is 486 g/mol. The summed E-state index contributed by atoms with van der Waals surface area (Å²) in [5.74, 6) is 0.971. The Morgan fingerprint density at radius 3 is 2.83 bits per heavy atom. The third-order valence-electron chi connectivity index (χ3n) is 6.71. The van der Waals surface area contributed by atoms with Crippen molar-refractivity contribution in [2.24, 2.45) is 7.05 Å². The van der Waals surface area contributed by atoms with Crippen molar-refractivity contribution in [2.75, 3.05) is 20.2 Å². The fraction of sp³-hybridized carbons (Fsp3) is 0.308. The number of aromatic nitrogens is 3. The quantitative estimate of drug-likeness (QED) is 0.444. The van der Waals surface area contributed by atoms with Crippen LogP contribution in [0.2, 0.25) is 0 Å². The first-order chi connectivity index (χ1) is 17.4. The minimum absolute atomic E-state index is 0.174. The van der Waals surface area contributed by atoms with Crippen LogP contribution in [-0.2, 0) is 13.6 Å². The number of fused-ring (bicyclic) bond motifs is 2. The Hall–Kier alpha value is -4.52. The van der Waals surface area contributed by atoms with Crippen LogP contribution < -0.4 is 10.1 Å². The number of nitrogens with zero attached hydrogens (tertiary/aromatic N) is 5. The first-order valence-electron chi connectivity index (χ1n) is 11.7. The van der Waals surface area contributed by atoms with E-state index in [1.165, 1.54) is 0 Å². The molecule has 1 unspecified atom stereocenters. The van der Waals surface area contributed by atoms with Crippen molar-refractivity contribution in [1.82, 2.24) is 24.3 Å². The molecule has 0 spiro atoms. The number of benzene rings is 2. The molecule has 10 nitrogen and oxygen atoms in total. The molecule has 2 aromatic heterocycles. The van der Waals surface area contributed by atoms with Gasteiger partial charge in [0.05, 0.1) is 24.4 Å². The second kappa shape index (κ2) is 9.26. The maximum absolute atomic E-state index is 13.4. The number of imidazole rings is 1. The summed E-state index contributed by atoms with van der Waals surface area (Å²) in [5, 5.41) is 22.0. The number of amides is 2. The Balaban J connectivity index is 1.57. The number of carboxylic acid groups (broad SMARTS) is 1. The molecule has 1 aliphatic heterocycles. The van der Waals surface area contributed by atoms with Gasteiger partial charge in [-0.2, -0.15) is 5.26 Å². The molecule has 10 heteroatoms. The summed E-state index contributed by atoms with van der Waals surface area (Å²) >= 11 is 0.